The molecule has 0 bridgehead atoms. The lowest BCUT2D eigenvalue weighted by Crippen LogP contribution is -2.33. The van der Waals surface area contributed by atoms with Gasteiger partial charge in [-0.2, -0.15) is 8.42 Å². The summed E-state index contributed by atoms with van der Waals surface area (Å²) in [6, 6.07) is 8.32. The van der Waals surface area contributed by atoms with E-state index in [0.717, 1.165) is 25.9 Å². The summed E-state index contributed by atoms with van der Waals surface area (Å²) in [7, 11) is -3.55. The van der Waals surface area contributed by atoms with Gasteiger partial charge < -0.3 is 4.90 Å². The van der Waals surface area contributed by atoms with Crippen LogP contribution in [0.25, 0.3) is 0 Å². The Hall–Kier alpha value is -1.11. The fraction of sp³-hybridized carbons (Fsp3) is 0.455. The highest BCUT2D eigenvalue weighted by Crippen LogP contribution is 2.27. The topological polar surface area (TPSA) is 75.4 Å². The van der Waals surface area contributed by atoms with E-state index < -0.39 is 10.2 Å². The summed E-state index contributed by atoms with van der Waals surface area (Å²) in [6.07, 6.45) is 1.82. The van der Waals surface area contributed by atoms with Crippen molar-refractivity contribution >= 4 is 15.9 Å². The molecule has 0 saturated heterocycles. The van der Waals surface area contributed by atoms with Crippen molar-refractivity contribution in [1.82, 2.24) is 4.72 Å². The molecular formula is C11H17N3O2S. The summed E-state index contributed by atoms with van der Waals surface area (Å²) >= 11 is 0. The minimum Gasteiger partial charge on any atom is -0.371 e. The highest BCUT2D eigenvalue weighted by Gasteiger charge is 2.17. The molecule has 0 unspecified atom stereocenters. The summed E-state index contributed by atoms with van der Waals surface area (Å²) in [5.41, 5.74) is 2.63. The maximum Gasteiger partial charge on any atom is 0.274 e. The lowest BCUT2D eigenvalue weighted by molar-refractivity contribution is 0.580. The normalized spacial score (nSPS) is 15.0. The first-order valence-electron chi connectivity index (χ1n) is 5.66. The van der Waals surface area contributed by atoms with Crippen LogP contribution in [0.5, 0.6) is 0 Å². The Morgan fingerprint density at radius 3 is 2.88 bits per heavy atom. The van der Waals surface area contributed by atoms with Crippen LogP contribution in [0, 0.1) is 0 Å². The lowest BCUT2D eigenvalue weighted by Gasteiger charge is -2.19. The average molecular weight is 255 g/mol. The second-order valence-electron chi connectivity index (χ2n) is 4.16. The SMILES string of the molecule is NS(=O)(=O)NCCCN1CCc2ccccc21. The minimum atomic E-state index is -3.55. The van der Waals surface area contributed by atoms with Crippen LogP contribution >= 0.6 is 0 Å². The molecule has 2 rings (SSSR count). The van der Waals surface area contributed by atoms with E-state index in [1.54, 1.807) is 0 Å². The van der Waals surface area contributed by atoms with E-state index in [2.05, 4.69) is 21.8 Å². The van der Waals surface area contributed by atoms with Crippen LogP contribution in [-0.4, -0.2) is 28.1 Å². The molecule has 0 fully saturated rings. The zero-order chi connectivity index (χ0) is 12.3. The molecule has 1 aromatic carbocycles. The first-order valence-corrected chi connectivity index (χ1v) is 7.21. The monoisotopic (exact) mass is 255 g/mol. The molecule has 0 aromatic heterocycles. The number of benzene rings is 1. The molecule has 0 aliphatic carbocycles. The molecule has 1 aliphatic rings. The summed E-state index contributed by atoms with van der Waals surface area (Å²) in [5, 5.41) is 4.85. The Balaban J connectivity index is 1.82. The first kappa shape index (κ1) is 12.3. The van der Waals surface area contributed by atoms with E-state index >= 15 is 0 Å². The summed E-state index contributed by atoms with van der Waals surface area (Å²) < 4.78 is 23.7. The van der Waals surface area contributed by atoms with Crippen molar-refractivity contribution in [2.45, 2.75) is 12.8 Å². The summed E-state index contributed by atoms with van der Waals surface area (Å²) in [4.78, 5) is 2.28. The smallest absolute Gasteiger partial charge is 0.274 e. The van der Waals surface area contributed by atoms with Gasteiger partial charge in [-0.15, -0.1) is 0 Å². The maximum absolute atomic E-state index is 10.7. The molecule has 1 heterocycles. The first-order chi connectivity index (χ1) is 8.06. The number of anilines is 1. The van der Waals surface area contributed by atoms with E-state index in [4.69, 9.17) is 5.14 Å². The molecule has 0 radical (unpaired) electrons. The standard InChI is InChI=1S/C11H17N3O2S/c12-17(15,16)13-7-3-8-14-9-6-10-4-1-2-5-11(10)14/h1-2,4-5,13H,3,6-9H2,(H2,12,15,16). The Labute approximate surface area is 102 Å². The van der Waals surface area contributed by atoms with E-state index in [9.17, 15) is 8.42 Å². The molecule has 5 nitrogen and oxygen atoms in total. The Morgan fingerprint density at radius 2 is 2.12 bits per heavy atom. The van der Waals surface area contributed by atoms with Crippen molar-refractivity contribution in [3.63, 3.8) is 0 Å². The van der Waals surface area contributed by atoms with Crippen LogP contribution in [-0.2, 0) is 16.6 Å². The third-order valence-electron chi connectivity index (χ3n) is 2.89. The van der Waals surface area contributed by atoms with Crippen molar-refractivity contribution in [2.24, 2.45) is 5.14 Å². The number of para-hydroxylation sites is 1. The zero-order valence-electron chi connectivity index (χ0n) is 9.59. The molecule has 1 aliphatic heterocycles. The Kier molecular flexibility index (Phi) is 3.66. The van der Waals surface area contributed by atoms with Gasteiger partial charge in [-0.3, -0.25) is 0 Å². The highest BCUT2D eigenvalue weighted by molar-refractivity contribution is 7.87. The Bertz CT molecular complexity index is 487. The summed E-state index contributed by atoms with van der Waals surface area (Å²) in [5.74, 6) is 0. The van der Waals surface area contributed by atoms with Crippen LogP contribution in [0.3, 0.4) is 0 Å². The van der Waals surface area contributed by atoms with Gasteiger partial charge in [0.05, 0.1) is 0 Å². The van der Waals surface area contributed by atoms with E-state index in [0.29, 0.717) is 6.54 Å². The van der Waals surface area contributed by atoms with Crippen LogP contribution in [0.4, 0.5) is 5.69 Å². The zero-order valence-corrected chi connectivity index (χ0v) is 10.4. The fourth-order valence-electron chi connectivity index (χ4n) is 2.12. The van der Waals surface area contributed by atoms with E-state index in [1.807, 2.05) is 12.1 Å². The van der Waals surface area contributed by atoms with Crippen molar-refractivity contribution in [3.8, 4) is 0 Å². The van der Waals surface area contributed by atoms with Gasteiger partial charge in [0.25, 0.3) is 10.2 Å². The van der Waals surface area contributed by atoms with Gasteiger partial charge in [-0.1, -0.05) is 18.2 Å². The van der Waals surface area contributed by atoms with Crippen LogP contribution in [0.2, 0.25) is 0 Å². The molecule has 0 amide bonds. The van der Waals surface area contributed by atoms with Crippen LogP contribution < -0.4 is 14.8 Å². The second-order valence-corrected chi connectivity index (χ2v) is 5.54. The van der Waals surface area contributed by atoms with Gasteiger partial charge in [0.1, 0.15) is 0 Å². The lowest BCUT2D eigenvalue weighted by atomic mass is 10.2. The number of hydrogen-bond acceptors (Lipinski definition) is 3. The molecule has 3 N–H and O–H groups in total. The molecule has 0 spiro atoms. The number of fused-ring (bicyclic) bond motifs is 1. The summed E-state index contributed by atoms with van der Waals surface area (Å²) in [6.45, 7) is 2.24. The predicted octanol–water partition coefficient (Wildman–Crippen LogP) is 0.232. The van der Waals surface area contributed by atoms with Crippen molar-refractivity contribution < 1.29 is 8.42 Å². The van der Waals surface area contributed by atoms with Gasteiger partial charge in [-0.05, 0) is 24.5 Å². The molecule has 94 valence electrons. The van der Waals surface area contributed by atoms with Gasteiger partial charge in [0.15, 0.2) is 0 Å². The highest BCUT2D eigenvalue weighted by atomic mass is 32.2. The third kappa shape index (κ3) is 3.42. The molecule has 0 saturated carbocycles. The number of nitrogens with two attached hydrogens (primary N) is 1. The average Bonchev–Trinajstić information content (AvgIpc) is 2.67. The quantitative estimate of drug-likeness (QED) is 0.740. The molecular weight excluding hydrogens is 238 g/mol. The van der Waals surface area contributed by atoms with Gasteiger partial charge in [0.2, 0.25) is 0 Å². The number of rotatable bonds is 5. The number of hydrogen-bond donors (Lipinski definition) is 2. The third-order valence-corrected chi connectivity index (χ3v) is 3.50. The fourth-order valence-corrected chi connectivity index (χ4v) is 2.55. The molecule has 1 aromatic rings. The largest absolute Gasteiger partial charge is 0.371 e. The van der Waals surface area contributed by atoms with Crippen LogP contribution in [0.15, 0.2) is 24.3 Å². The van der Waals surface area contributed by atoms with Gasteiger partial charge in [0, 0.05) is 25.3 Å². The molecule has 6 heteroatoms. The maximum atomic E-state index is 10.7. The van der Waals surface area contributed by atoms with Gasteiger partial charge in [-0.25, -0.2) is 9.86 Å². The second kappa shape index (κ2) is 5.03. The predicted molar refractivity (Wildman–Crippen MR) is 68.1 cm³/mol. The van der Waals surface area contributed by atoms with E-state index in [1.165, 1.54) is 11.3 Å². The molecule has 17 heavy (non-hydrogen) atoms. The van der Waals surface area contributed by atoms with Crippen molar-refractivity contribution in [1.29, 1.82) is 0 Å². The molecule has 0 atom stereocenters. The van der Waals surface area contributed by atoms with Gasteiger partial charge >= 0.3 is 0 Å². The van der Waals surface area contributed by atoms with Crippen molar-refractivity contribution in [2.75, 3.05) is 24.5 Å². The van der Waals surface area contributed by atoms with Crippen LogP contribution in [0.1, 0.15) is 12.0 Å². The minimum absolute atomic E-state index is 0.386. The van der Waals surface area contributed by atoms with E-state index in [-0.39, 0.29) is 0 Å². The number of nitrogens with one attached hydrogen (secondary N) is 1. The number of nitrogens with zero attached hydrogens (tertiary/aromatic N) is 1. The van der Waals surface area contributed by atoms with Crippen molar-refractivity contribution in [3.05, 3.63) is 29.8 Å². The Morgan fingerprint density at radius 1 is 1.35 bits per heavy atom.